The van der Waals surface area contributed by atoms with Crippen molar-refractivity contribution in [2.24, 2.45) is 0 Å². The molecule has 0 radical (unpaired) electrons. The van der Waals surface area contributed by atoms with E-state index in [4.69, 9.17) is 0 Å². The van der Waals surface area contributed by atoms with Crippen LogP contribution < -0.4 is 15.5 Å². The number of carbonyl (C=O) groups is 1. The van der Waals surface area contributed by atoms with Gasteiger partial charge in [-0.15, -0.1) is 5.10 Å². The first kappa shape index (κ1) is 21.9. The van der Waals surface area contributed by atoms with E-state index >= 15 is 0 Å². The molecule has 0 fully saturated rings. The van der Waals surface area contributed by atoms with Crippen molar-refractivity contribution in [3.05, 3.63) is 78.4 Å². The summed E-state index contributed by atoms with van der Waals surface area (Å²) in [5, 5.41) is 14.6. The summed E-state index contributed by atoms with van der Waals surface area (Å²) >= 11 is 0. The maximum atomic E-state index is 12.6. The second kappa shape index (κ2) is 9.90. The van der Waals surface area contributed by atoms with Gasteiger partial charge in [0.1, 0.15) is 17.5 Å². The highest BCUT2D eigenvalue weighted by molar-refractivity contribution is 6.02. The number of nitrogens with one attached hydrogen (secondary N) is 2. The Morgan fingerprint density at radius 3 is 2.36 bits per heavy atom. The van der Waals surface area contributed by atoms with Crippen LogP contribution in [0, 0.1) is 6.92 Å². The summed E-state index contributed by atoms with van der Waals surface area (Å²) in [6.07, 6.45) is 1.45. The van der Waals surface area contributed by atoms with Crippen LogP contribution in [0.2, 0.25) is 0 Å². The van der Waals surface area contributed by atoms with E-state index in [9.17, 15) is 4.79 Å². The van der Waals surface area contributed by atoms with Gasteiger partial charge in [0.05, 0.1) is 11.9 Å². The molecule has 9 nitrogen and oxygen atoms in total. The molecule has 0 aliphatic rings. The molecule has 2 aromatic carbocycles. The lowest BCUT2D eigenvalue weighted by Crippen LogP contribution is -2.23. The zero-order valence-corrected chi connectivity index (χ0v) is 18.9. The minimum Gasteiger partial charge on any atom is -0.357 e. The predicted octanol–water partition coefficient (Wildman–Crippen LogP) is 4.21. The van der Waals surface area contributed by atoms with Gasteiger partial charge in [-0.3, -0.25) is 4.79 Å². The first-order valence-electron chi connectivity index (χ1n) is 10.8. The Kier molecular flexibility index (Phi) is 6.58. The van der Waals surface area contributed by atoms with Crippen LogP contribution in [0.4, 0.5) is 23.0 Å². The van der Waals surface area contributed by atoms with E-state index < -0.39 is 0 Å². The molecule has 0 spiro atoms. The summed E-state index contributed by atoms with van der Waals surface area (Å²) < 4.78 is 0. The third-order valence-corrected chi connectivity index (χ3v) is 5.04. The SMILES string of the molecule is CCN(CC)c1cc(Nc2ccc(NC(=O)c3cnn(-c4ccccc4)n3)cc2)nc(C)n1. The van der Waals surface area contributed by atoms with Gasteiger partial charge in [0.15, 0.2) is 5.69 Å². The predicted molar refractivity (Wildman–Crippen MR) is 129 cm³/mol. The fourth-order valence-corrected chi connectivity index (χ4v) is 3.36. The van der Waals surface area contributed by atoms with Gasteiger partial charge >= 0.3 is 0 Å². The molecule has 0 bridgehead atoms. The standard InChI is InChI=1S/C24H26N8O/c1-4-31(5-2)23-15-22(26-17(3)27-23)28-18-11-13-19(14-12-18)29-24(33)21-16-25-32(30-21)20-9-7-6-8-10-20/h6-16H,4-5H2,1-3H3,(H,29,33)(H,26,27,28). The summed E-state index contributed by atoms with van der Waals surface area (Å²) in [4.78, 5) is 25.2. The Morgan fingerprint density at radius 1 is 0.970 bits per heavy atom. The average Bonchev–Trinajstić information content (AvgIpc) is 3.32. The smallest absolute Gasteiger partial charge is 0.277 e. The van der Waals surface area contributed by atoms with Gasteiger partial charge in [0.2, 0.25) is 0 Å². The van der Waals surface area contributed by atoms with Crippen molar-refractivity contribution in [1.82, 2.24) is 25.0 Å². The average molecular weight is 443 g/mol. The van der Waals surface area contributed by atoms with Crippen LogP contribution in [-0.4, -0.2) is 44.0 Å². The van der Waals surface area contributed by atoms with E-state index in [2.05, 4.69) is 49.5 Å². The van der Waals surface area contributed by atoms with Crippen molar-refractivity contribution >= 4 is 28.9 Å². The number of para-hydroxylation sites is 1. The molecule has 0 unspecified atom stereocenters. The van der Waals surface area contributed by atoms with Crippen LogP contribution in [0.3, 0.4) is 0 Å². The molecular formula is C24H26N8O. The third kappa shape index (κ3) is 5.32. The highest BCUT2D eigenvalue weighted by Crippen LogP contribution is 2.21. The van der Waals surface area contributed by atoms with Crippen molar-refractivity contribution in [3.63, 3.8) is 0 Å². The number of benzene rings is 2. The lowest BCUT2D eigenvalue weighted by molar-refractivity contribution is 0.102. The molecule has 2 aromatic heterocycles. The van der Waals surface area contributed by atoms with E-state index in [1.165, 1.54) is 11.0 Å². The quantitative estimate of drug-likeness (QED) is 0.422. The molecular weight excluding hydrogens is 416 g/mol. The summed E-state index contributed by atoms with van der Waals surface area (Å²) in [6, 6.07) is 18.8. The van der Waals surface area contributed by atoms with Crippen LogP contribution in [0.1, 0.15) is 30.2 Å². The van der Waals surface area contributed by atoms with Gasteiger partial charge in [0, 0.05) is 30.5 Å². The molecule has 0 aliphatic heterocycles. The monoisotopic (exact) mass is 442 g/mol. The van der Waals surface area contributed by atoms with E-state index in [1.807, 2.05) is 67.6 Å². The zero-order chi connectivity index (χ0) is 23.2. The highest BCUT2D eigenvalue weighted by Gasteiger charge is 2.12. The largest absolute Gasteiger partial charge is 0.357 e. The number of rotatable bonds is 8. The lowest BCUT2D eigenvalue weighted by Gasteiger charge is -2.20. The van der Waals surface area contributed by atoms with Crippen LogP contribution in [0.25, 0.3) is 5.69 Å². The fraction of sp³-hybridized carbons (Fsp3) is 0.208. The van der Waals surface area contributed by atoms with Crippen LogP contribution in [0.5, 0.6) is 0 Å². The number of anilines is 4. The minimum atomic E-state index is -0.326. The first-order chi connectivity index (χ1) is 16.1. The number of carbonyl (C=O) groups excluding carboxylic acids is 1. The molecule has 0 atom stereocenters. The van der Waals surface area contributed by atoms with Crippen molar-refractivity contribution in [2.75, 3.05) is 28.6 Å². The van der Waals surface area contributed by atoms with Gasteiger partial charge in [0.25, 0.3) is 5.91 Å². The van der Waals surface area contributed by atoms with Crippen LogP contribution in [-0.2, 0) is 0 Å². The Bertz CT molecular complexity index is 1220. The number of aryl methyl sites for hydroxylation is 1. The number of aromatic nitrogens is 5. The molecule has 2 N–H and O–H groups in total. The Balaban J connectivity index is 1.42. The van der Waals surface area contributed by atoms with E-state index in [1.54, 1.807) is 0 Å². The first-order valence-corrected chi connectivity index (χ1v) is 10.8. The van der Waals surface area contributed by atoms with E-state index in [0.29, 0.717) is 11.5 Å². The normalized spacial score (nSPS) is 10.6. The highest BCUT2D eigenvalue weighted by atomic mass is 16.2. The number of hydrogen-bond donors (Lipinski definition) is 2. The Labute approximate surface area is 192 Å². The number of hydrogen-bond acceptors (Lipinski definition) is 7. The maximum Gasteiger partial charge on any atom is 0.277 e. The molecule has 1 amide bonds. The number of amides is 1. The van der Waals surface area contributed by atoms with Crippen LogP contribution >= 0.6 is 0 Å². The molecule has 9 heteroatoms. The Morgan fingerprint density at radius 2 is 1.67 bits per heavy atom. The summed E-state index contributed by atoms with van der Waals surface area (Å²) in [7, 11) is 0. The van der Waals surface area contributed by atoms with Gasteiger partial charge in [-0.2, -0.15) is 9.90 Å². The van der Waals surface area contributed by atoms with Crippen LogP contribution in [0.15, 0.2) is 66.9 Å². The summed E-state index contributed by atoms with van der Waals surface area (Å²) in [5.74, 6) is 1.99. The van der Waals surface area contributed by atoms with Crippen molar-refractivity contribution in [3.8, 4) is 5.69 Å². The van der Waals surface area contributed by atoms with Gasteiger partial charge in [-0.25, -0.2) is 9.97 Å². The molecule has 2 heterocycles. The second-order valence-electron chi connectivity index (χ2n) is 7.34. The topological polar surface area (TPSA) is 101 Å². The molecule has 0 aliphatic carbocycles. The van der Waals surface area contributed by atoms with Gasteiger partial charge < -0.3 is 15.5 Å². The lowest BCUT2D eigenvalue weighted by atomic mass is 10.2. The molecule has 4 aromatic rings. The van der Waals surface area contributed by atoms with E-state index in [-0.39, 0.29) is 11.6 Å². The summed E-state index contributed by atoms with van der Waals surface area (Å²) in [5.41, 5.74) is 2.53. The number of nitrogens with zero attached hydrogens (tertiary/aromatic N) is 6. The summed E-state index contributed by atoms with van der Waals surface area (Å²) in [6.45, 7) is 7.83. The zero-order valence-electron chi connectivity index (χ0n) is 18.9. The second-order valence-corrected chi connectivity index (χ2v) is 7.34. The molecule has 33 heavy (non-hydrogen) atoms. The van der Waals surface area contributed by atoms with Gasteiger partial charge in [-0.1, -0.05) is 18.2 Å². The Hall–Kier alpha value is -4.27. The molecule has 0 saturated heterocycles. The third-order valence-electron chi connectivity index (χ3n) is 5.04. The van der Waals surface area contributed by atoms with Crippen molar-refractivity contribution < 1.29 is 4.79 Å². The molecule has 0 saturated carbocycles. The maximum absolute atomic E-state index is 12.6. The van der Waals surface area contributed by atoms with Gasteiger partial charge in [-0.05, 0) is 57.2 Å². The minimum absolute atomic E-state index is 0.237. The van der Waals surface area contributed by atoms with E-state index in [0.717, 1.165) is 36.1 Å². The molecule has 168 valence electrons. The van der Waals surface area contributed by atoms with Crippen molar-refractivity contribution in [2.45, 2.75) is 20.8 Å². The fourth-order valence-electron chi connectivity index (χ4n) is 3.36. The molecule has 4 rings (SSSR count). The van der Waals surface area contributed by atoms with Crippen molar-refractivity contribution in [1.29, 1.82) is 0 Å².